The number of nitrogens with zero attached hydrogens (tertiary/aromatic N) is 2. The van der Waals surface area contributed by atoms with Gasteiger partial charge in [0.05, 0.1) is 6.54 Å². The molecule has 0 unspecified atom stereocenters. The molecule has 0 amide bonds. The van der Waals surface area contributed by atoms with Gasteiger partial charge >= 0.3 is 0 Å². The van der Waals surface area contributed by atoms with Crippen LogP contribution in [0.4, 0.5) is 0 Å². The average molecular weight is 211 g/mol. The molecule has 0 aliphatic rings. The number of hydrogen-bond acceptors (Lipinski definition) is 2. The third kappa shape index (κ3) is 3.03. The van der Waals surface area contributed by atoms with Gasteiger partial charge in [0.2, 0.25) is 0 Å². The fourth-order valence-corrected chi connectivity index (χ4v) is 1.84. The highest BCUT2D eigenvalue weighted by molar-refractivity contribution is 7.09. The Bertz CT molecular complexity index is 276. The number of aliphatic imine (C=N–C) groups is 1. The van der Waals surface area contributed by atoms with E-state index in [1.165, 1.54) is 4.88 Å². The Morgan fingerprint density at radius 2 is 2.21 bits per heavy atom. The molecule has 0 aliphatic carbocycles. The molecule has 78 valence electrons. The lowest BCUT2D eigenvalue weighted by Gasteiger charge is -2.19. The van der Waals surface area contributed by atoms with Crippen LogP contribution in [0.5, 0.6) is 0 Å². The van der Waals surface area contributed by atoms with Gasteiger partial charge in [-0.05, 0) is 25.3 Å². The Hall–Kier alpha value is -1.03. The van der Waals surface area contributed by atoms with E-state index >= 15 is 0 Å². The largest absolute Gasteiger partial charge is 0.370 e. The summed E-state index contributed by atoms with van der Waals surface area (Å²) >= 11 is 1.71. The van der Waals surface area contributed by atoms with Crippen LogP contribution in [0.3, 0.4) is 0 Å². The van der Waals surface area contributed by atoms with Crippen LogP contribution in [-0.4, -0.2) is 23.9 Å². The van der Waals surface area contributed by atoms with E-state index in [1.807, 2.05) is 11.0 Å². The van der Waals surface area contributed by atoms with Gasteiger partial charge < -0.3 is 10.6 Å². The highest BCUT2D eigenvalue weighted by Gasteiger charge is 2.01. The van der Waals surface area contributed by atoms with Gasteiger partial charge in [0.15, 0.2) is 5.96 Å². The van der Waals surface area contributed by atoms with E-state index in [0.717, 1.165) is 13.1 Å². The SMILES string of the molecule is CCN(CC)C(N)=NCc1cccs1. The van der Waals surface area contributed by atoms with Crippen molar-refractivity contribution in [2.24, 2.45) is 10.7 Å². The smallest absolute Gasteiger partial charge is 0.191 e. The minimum atomic E-state index is 0.642. The van der Waals surface area contributed by atoms with Crippen molar-refractivity contribution in [2.75, 3.05) is 13.1 Å². The highest BCUT2D eigenvalue weighted by atomic mass is 32.1. The maximum Gasteiger partial charge on any atom is 0.191 e. The molecule has 1 aromatic rings. The molecule has 4 heteroatoms. The summed E-state index contributed by atoms with van der Waals surface area (Å²) < 4.78 is 0. The van der Waals surface area contributed by atoms with E-state index in [2.05, 4.69) is 30.3 Å². The minimum Gasteiger partial charge on any atom is -0.370 e. The Morgan fingerprint density at radius 1 is 1.50 bits per heavy atom. The van der Waals surface area contributed by atoms with Gasteiger partial charge in [-0.1, -0.05) is 6.07 Å². The summed E-state index contributed by atoms with van der Waals surface area (Å²) in [6.07, 6.45) is 0. The van der Waals surface area contributed by atoms with Crippen LogP contribution in [0.25, 0.3) is 0 Å². The zero-order valence-electron chi connectivity index (χ0n) is 8.73. The third-order valence-electron chi connectivity index (χ3n) is 2.06. The van der Waals surface area contributed by atoms with Crippen molar-refractivity contribution in [3.05, 3.63) is 22.4 Å². The molecule has 0 aromatic carbocycles. The normalized spacial score (nSPS) is 11.7. The first-order valence-corrected chi connectivity index (χ1v) is 5.73. The summed E-state index contributed by atoms with van der Waals surface area (Å²) in [6.45, 7) is 6.68. The summed E-state index contributed by atoms with van der Waals surface area (Å²) in [7, 11) is 0. The topological polar surface area (TPSA) is 41.6 Å². The monoisotopic (exact) mass is 211 g/mol. The van der Waals surface area contributed by atoms with Crippen LogP contribution < -0.4 is 5.73 Å². The molecule has 0 radical (unpaired) electrons. The van der Waals surface area contributed by atoms with Crippen LogP contribution in [0.1, 0.15) is 18.7 Å². The first kappa shape index (κ1) is 11.0. The van der Waals surface area contributed by atoms with Gasteiger partial charge in [0.25, 0.3) is 0 Å². The lowest BCUT2D eigenvalue weighted by molar-refractivity contribution is 0.458. The van der Waals surface area contributed by atoms with Gasteiger partial charge in [-0.3, -0.25) is 0 Å². The Morgan fingerprint density at radius 3 is 2.71 bits per heavy atom. The average Bonchev–Trinajstić information content (AvgIpc) is 2.69. The first-order valence-electron chi connectivity index (χ1n) is 4.85. The molecule has 0 fully saturated rings. The molecule has 3 nitrogen and oxygen atoms in total. The molecule has 1 rings (SSSR count). The van der Waals surface area contributed by atoms with E-state index in [4.69, 9.17) is 5.73 Å². The van der Waals surface area contributed by atoms with Gasteiger partial charge in [-0.2, -0.15) is 0 Å². The van der Waals surface area contributed by atoms with Crippen molar-refractivity contribution >= 4 is 17.3 Å². The second-order valence-corrected chi connectivity index (χ2v) is 3.96. The molecule has 0 saturated heterocycles. The van der Waals surface area contributed by atoms with E-state index in [-0.39, 0.29) is 0 Å². The summed E-state index contributed by atoms with van der Waals surface area (Å²) in [5.41, 5.74) is 5.84. The molecule has 0 saturated carbocycles. The van der Waals surface area contributed by atoms with Crippen LogP contribution in [0.15, 0.2) is 22.5 Å². The van der Waals surface area contributed by atoms with Gasteiger partial charge in [-0.25, -0.2) is 4.99 Å². The summed E-state index contributed by atoms with van der Waals surface area (Å²) in [5.74, 6) is 0.642. The summed E-state index contributed by atoms with van der Waals surface area (Å²) in [4.78, 5) is 7.64. The first-order chi connectivity index (χ1) is 6.77. The van der Waals surface area contributed by atoms with Crippen molar-refractivity contribution in [2.45, 2.75) is 20.4 Å². The van der Waals surface area contributed by atoms with Crippen molar-refractivity contribution in [3.63, 3.8) is 0 Å². The quantitative estimate of drug-likeness (QED) is 0.610. The van der Waals surface area contributed by atoms with Crippen molar-refractivity contribution in [3.8, 4) is 0 Å². The molecular weight excluding hydrogens is 194 g/mol. The van der Waals surface area contributed by atoms with E-state index in [9.17, 15) is 0 Å². The van der Waals surface area contributed by atoms with Gasteiger partial charge in [0.1, 0.15) is 0 Å². The van der Waals surface area contributed by atoms with Crippen LogP contribution in [0.2, 0.25) is 0 Å². The minimum absolute atomic E-state index is 0.642. The number of nitrogens with two attached hydrogens (primary N) is 1. The van der Waals surface area contributed by atoms with Crippen molar-refractivity contribution in [1.29, 1.82) is 0 Å². The molecule has 14 heavy (non-hydrogen) atoms. The maximum atomic E-state index is 5.84. The second-order valence-electron chi connectivity index (χ2n) is 2.93. The molecule has 0 bridgehead atoms. The van der Waals surface area contributed by atoms with Gasteiger partial charge in [0, 0.05) is 18.0 Å². The van der Waals surface area contributed by atoms with E-state index < -0.39 is 0 Å². The number of hydrogen-bond donors (Lipinski definition) is 1. The number of guanidine groups is 1. The van der Waals surface area contributed by atoms with Crippen LogP contribution in [0, 0.1) is 0 Å². The van der Waals surface area contributed by atoms with E-state index in [1.54, 1.807) is 11.3 Å². The lowest BCUT2D eigenvalue weighted by Crippen LogP contribution is -2.36. The Balaban J connectivity index is 2.51. The number of rotatable bonds is 4. The highest BCUT2D eigenvalue weighted by Crippen LogP contribution is 2.09. The molecular formula is C10H17N3S. The molecule has 0 atom stereocenters. The zero-order chi connectivity index (χ0) is 10.4. The standard InChI is InChI=1S/C10H17N3S/c1-3-13(4-2)10(11)12-8-9-6-5-7-14-9/h5-7H,3-4,8H2,1-2H3,(H2,11,12). The zero-order valence-corrected chi connectivity index (χ0v) is 9.55. The lowest BCUT2D eigenvalue weighted by atomic mass is 10.5. The number of thiophene rings is 1. The Kier molecular flexibility index (Phi) is 4.46. The van der Waals surface area contributed by atoms with Crippen LogP contribution in [-0.2, 0) is 6.54 Å². The molecule has 1 heterocycles. The van der Waals surface area contributed by atoms with E-state index in [0.29, 0.717) is 12.5 Å². The van der Waals surface area contributed by atoms with Gasteiger partial charge in [-0.15, -0.1) is 11.3 Å². The fourth-order valence-electron chi connectivity index (χ4n) is 1.21. The molecule has 0 aliphatic heterocycles. The molecule has 2 N–H and O–H groups in total. The maximum absolute atomic E-state index is 5.84. The predicted molar refractivity (Wildman–Crippen MR) is 62.6 cm³/mol. The fraction of sp³-hybridized carbons (Fsp3) is 0.500. The van der Waals surface area contributed by atoms with Crippen molar-refractivity contribution < 1.29 is 0 Å². The van der Waals surface area contributed by atoms with Crippen LogP contribution >= 0.6 is 11.3 Å². The molecule has 0 spiro atoms. The Labute approximate surface area is 89.3 Å². The van der Waals surface area contributed by atoms with Crippen molar-refractivity contribution in [1.82, 2.24) is 4.90 Å². The summed E-state index contributed by atoms with van der Waals surface area (Å²) in [5, 5.41) is 2.05. The second kappa shape index (κ2) is 5.65. The summed E-state index contributed by atoms with van der Waals surface area (Å²) in [6, 6.07) is 4.10. The molecule has 1 aromatic heterocycles. The third-order valence-corrected chi connectivity index (χ3v) is 2.93. The predicted octanol–water partition coefficient (Wildman–Crippen LogP) is 1.90.